The molecule has 0 radical (unpaired) electrons. The number of nitrogens with one attached hydrogen (secondary N) is 1. The Hall–Kier alpha value is -1.77. The average molecular weight is 269 g/mol. The van der Waals surface area contributed by atoms with Crippen LogP contribution < -0.4 is 5.32 Å². The molecular formula is C17H23N3. The molecule has 1 saturated carbocycles. The van der Waals surface area contributed by atoms with Crippen LogP contribution in [0.25, 0.3) is 5.69 Å². The van der Waals surface area contributed by atoms with Crippen LogP contribution in [0.4, 0.5) is 5.69 Å². The van der Waals surface area contributed by atoms with E-state index in [1.165, 1.54) is 30.6 Å². The number of para-hydroxylation sites is 2. The number of hydrogen-bond donors (Lipinski definition) is 1. The molecule has 0 spiro atoms. The fraction of sp³-hybridized carbons (Fsp3) is 0.471. The molecule has 2 aromatic rings. The predicted molar refractivity (Wildman–Crippen MR) is 83.2 cm³/mol. The highest BCUT2D eigenvalue weighted by Gasteiger charge is 2.25. The summed E-state index contributed by atoms with van der Waals surface area (Å²) in [5.74, 6) is 1.56. The summed E-state index contributed by atoms with van der Waals surface area (Å²) in [5, 5.41) is 3.77. The van der Waals surface area contributed by atoms with Gasteiger partial charge in [0.15, 0.2) is 0 Å². The summed E-state index contributed by atoms with van der Waals surface area (Å²) in [5.41, 5.74) is 2.38. The first-order valence-electron chi connectivity index (χ1n) is 7.58. The lowest BCUT2D eigenvalue weighted by Gasteiger charge is -2.34. The maximum atomic E-state index is 4.15. The minimum atomic E-state index is 0.573. The van der Waals surface area contributed by atoms with Crippen LogP contribution in [0.3, 0.4) is 0 Å². The number of aromatic nitrogens is 2. The molecule has 0 saturated heterocycles. The van der Waals surface area contributed by atoms with Gasteiger partial charge in [0.05, 0.1) is 17.7 Å². The molecular weight excluding hydrogens is 246 g/mol. The third-order valence-electron chi connectivity index (χ3n) is 4.49. The topological polar surface area (TPSA) is 29.9 Å². The van der Waals surface area contributed by atoms with Gasteiger partial charge in [0.2, 0.25) is 0 Å². The Labute approximate surface area is 121 Å². The van der Waals surface area contributed by atoms with E-state index in [1.807, 2.05) is 18.7 Å². The van der Waals surface area contributed by atoms with Crippen molar-refractivity contribution in [3.63, 3.8) is 0 Å². The lowest BCUT2D eigenvalue weighted by Crippen LogP contribution is -2.33. The fourth-order valence-electron chi connectivity index (χ4n) is 3.16. The Morgan fingerprint density at radius 2 is 2.05 bits per heavy atom. The standard InChI is InChI=1S/C17H23N3/c1-13-7-8-14(2)16(11-13)19-15-5-3-4-6-17(15)20-10-9-18-12-20/h3-6,9-10,12-14,16,19H,7-8,11H2,1-2H3. The van der Waals surface area contributed by atoms with E-state index in [1.54, 1.807) is 0 Å². The number of rotatable bonds is 3. The molecule has 0 amide bonds. The largest absolute Gasteiger partial charge is 0.380 e. The highest BCUT2D eigenvalue weighted by molar-refractivity contribution is 5.61. The zero-order valence-corrected chi connectivity index (χ0v) is 12.3. The summed E-state index contributed by atoms with van der Waals surface area (Å²) in [7, 11) is 0. The Balaban J connectivity index is 1.84. The number of hydrogen-bond acceptors (Lipinski definition) is 2. The van der Waals surface area contributed by atoms with Gasteiger partial charge in [0, 0.05) is 18.4 Å². The van der Waals surface area contributed by atoms with E-state index in [0.29, 0.717) is 6.04 Å². The van der Waals surface area contributed by atoms with E-state index < -0.39 is 0 Å². The van der Waals surface area contributed by atoms with Gasteiger partial charge >= 0.3 is 0 Å². The number of nitrogens with zero attached hydrogens (tertiary/aromatic N) is 2. The molecule has 3 atom stereocenters. The third-order valence-corrected chi connectivity index (χ3v) is 4.49. The molecule has 106 valence electrons. The normalized spacial score (nSPS) is 26.4. The van der Waals surface area contributed by atoms with Gasteiger partial charge in [0.25, 0.3) is 0 Å². The smallest absolute Gasteiger partial charge is 0.0992 e. The predicted octanol–water partition coefficient (Wildman–Crippen LogP) is 4.11. The van der Waals surface area contributed by atoms with Crippen LogP contribution in [-0.2, 0) is 0 Å². The van der Waals surface area contributed by atoms with Gasteiger partial charge in [0.1, 0.15) is 0 Å². The molecule has 1 aromatic carbocycles. The minimum absolute atomic E-state index is 0.573. The van der Waals surface area contributed by atoms with Crippen LogP contribution in [-0.4, -0.2) is 15.6 Å². The Bertz CT molecular complexity index is 547. The first-order chi connectivity index (χ1) is 9.74. The van der Waals surface area contributed by atoms with Crippen molar-refractivity contribution in [3.8, 4) is 5.69 Å². The molecule has 1 aliphatic rings. The molecule has 3 rings (SSSR count). The molecule has 20 heavy (non-hydrogen) atoms. The Morgan fingerprint density at radius 3 is 2.85 bits per heavy atom. The molecule has 3 nitrogen and oxygen atoms in total. The molecule has 1 N–H and O–H groups in total. The molecule has 0 bridgehead atoms. The van der Waals surface area contributed by atoms with Gasteiger partial charge in [-0.2, -0.15) is 0 Å². The lowest BCUT2D eigenvalue weighted by atomic mass is 9.80. The van der Waals surface area contributed by atoms with E-state index in [-0.39, 0.29) is 0 Å². The van der Waals surface area contributed by atoms with Crippen LogP contribution in [0.1, 0.15) is 33.1 Å². The van der Waals surface area contributed by atoms with Crippen molar-refractivity contribution in [2.75, 3.05) is 5.32 Å². The van der Waals surface area contributed by atoms with Crippen molar-refractivity contribution in [1.29, 1.82) is 0 Å². The van der Waals surface area contributed by atoms with Gasteiger partial charge in [-0.25, -0.2) is 4.98 Å². The lowest BCUT2D eigenvalue weighted by molar-refractivity contribution is 0.280. The van der Waals surface area contributed by atoms with E-state index in [2.05, 4.69) is 53.0 Å². The highest BCUT2D eigenvalue weighted by atomic mass is 15.1. The zero-order chi connectivity index (χ0) is 13.9. The fourth-order valence-corrected chi connectivity index (χ4v) is 3.16. The highest BCUT2D eigenvalue weighted by Crippen LogP contribution is 2.32. The van der Waals surface area contributed by atoms with Crippen molar-refractivity contribution >= 4 is 5.69 Å². The van der Waals surface area contributed by atoms with Gasteiger partial charge in [-0.05, 0) is 36.8 Å². The summed E-state index contributed by atoms with van der Waals surface area (Å²) in [6.45, 7) is 4.73. The Morgan fingerprint density at radius 1 is 1.20 bits per heavy atom. The zero-order valence-electron chi connectivity index (χ0n) is 12.3. The summed E-state index contributed by atoms with van der Waals surface area (Å²) in [4.78, 5) is 4.15. The van der Waals surface area contributed by atoms with Crippen LogP contribution >= 0.6 is 0 Å². The molecule has 1 aromatic heterocycles. The monoisotopic (exact) mass is 269 g/mol. The second kappa shape index (κ2) is 5.70. The van der Waals surface area contributed by atoms with Crippen molar-refractivity contribution in [3.05, 3.63) is 43.0 Å². The quantitative estimate of drug-likeness (QED) is 0.908. The van der Waals surface area contributed by atoms with Crippen LogP contribution in [0.5, 0.6) is 0 Å². The number of benzene rings is 1. The van der Waals surface area contributed by atoms with Crippen LogP contribution in [0.15, 0.2) is 43.0 Å². The third kappa shape index (κ3) is 2.72. The molecule has 1 aliphatic carbocycles. The molecule has 3 heteroatoms. The summed E-state index contributed by atoms with van der Waals surface area (Å²) >= 11 is 0. The number of imidazole rings is 1. The number of anilines is 1. The molecule has 1 heterocycles. The summed E-state index contributed by atoms with van der Waals surface area (Å²) in [6.07, 6.45) is 9.62. The van der Waals surface area contributed by atoms with Crippen molar-refractivity contribution in [2.24, 2.45) is 11.8 Å². The van der Waals surface area contributed by atoms with Gasteiger partial charge in [-0.15, -0.1) is 0 Å². The van der Waals surface area contributed by atoms with Crippen LogP contribution in [0, 0.1) is 11.8 Å². The van der Waals surface area contributed by atoms with Crippen molar-refractivity contribution in [2.45, 2.75) is 39.2 Å². The first kappa shape index (κ1) is 13.2. The SMILES string of the molecule is CC1CCC(C)C(Nc2ccccc2-n2ccnc2)C1. The molecule has 1 fully saturated rings. The van der Waals surface area contributed by atoms with Crippen LogP contribution in [0.2, 0.25) is 0 Å². The second-order valence-electron chi connectivity index (χ2n) is 6.13. The second-order valence-corrected chi connectivity index (χ2v) is 6.13. The van der Waals surface area contributed by atoms with Gasteiger partial charge in [-0.3, -0.25) is 0 Å². The first-order valence-corrected chi connectivity index (χ1v) is 7.58. The summed E-state index contributed by atoms with van der Waals surface area (Å²) < 4.78 is 2.07. The maximum absolute atomic E-state index is 4.15. The van der Waals surface area contributed by atoms with Gasteiger partial charge in [-0.1, -0.05) is 32.4 Å². The van der Waals surface area contributed by atoms with E-state index in [9.17, 15) is 0 Å². The van der Waals surface area contributed by atoms with Crippen molar-refractivity contribution < 1.29 is 0 Å². The molecule has 0 aliphatic heterocycles. The molecule has 3 unspecified atom stereocenters. The van der Waals surface area contributed by atoms with E-state index in [4.69, 9.17) is 0 Å². The minimum Gasteiger partial charge on any atom is -0.380 e. The van der Waals surface area contributed by atoms with Crippen molar-refractivity contribution in [1.82, 2.24) is 9.55 Å². The van der Waals surface area contributed by atoms with Gasteiger partial charge < -0.3 is 9.88 Å². The van der Waals surface area contributed by atoms with E-state index in [0.717, 1.165) is 11.8 Å². The average Bonchev–Trinajstić information content (AvgIpc) is 2.97. The Kier molecular flexibility index (Phi) is 3.77. The van der Waals surface area contributed by atoms with E-state index >= 15 is 0 Å². The summed E-state index contributed by atoms with van der Waals surface area (Å²) in [6, 6.07) is 9.05. The maximum Gasteiger partial charge on any atom is 0.0992 e.